The van der Waals surface area contributed by atoms with Crippen molar-refractivity contribution in [1.29, 1.82) is 0 Å². The van der Waals surface area contributed by atoms with Crippen LogP contribution >= 0.6 is 0 Å². The van der Waals surface area contributed by atoms with Gasteiger partial charge in [0.05, 0.1) is 19.3 Å². The molecule has 1 atom stereocenters. The van der Waals surface area contributed by atoms with Gasteiger partial charge in [0.15, 0.2) is 0 Å². The number of hydrogen-bond donors (Lipinski definition) is 1. The van der Waals surface area contributed by atoms with Crippen molar-refractivity contribution in [3.8, 4) is 5.88 Å². The zero-order chi connectivity index (χ0) is 14.0. The fourth-order valence-corrected chi connectivity index (χ4v) is 1.59. The van der Waals surface area contributed by atoms with Crippen molar-refractivity contribution in [3.05, 3.63) is 11.8 Å². The fourth-order valence-electron chi connectivity index (χ4n) is 1.59. The fraction of sp³-hybridized carbons (Fsp3) is 0.786. The number of fused-ring (bicyclic) bond motifs is 1. The maximum absolute atomic E-state index is 5.61. The molecule has 2 heterocycles. The lowest BCUT2D eigenvalue weighted by Crippen LogP contribution is -2.31. The highest BCUT2D eigenvalue weighted by molar-refractivity contribution is 5.25. The Morgan fingerprint density at radius 1 is 1.39 bits per heavy atom. The molecule has 0 bridgehead atoms. The van der Waals surface area contributed by atoms with Crippen molar-refractivity contribution < 1.29 is 4.74 Å². The van der Waals surface area contributed by atoms with Gasteiger partial charge in [-0.1, -0.05) is 41.0 Å². The standard InChI is InChI=1S/C9H15N3O.C3H8.C2H6/c1-2-8-4-11-12-5-7(3-10)6-13-9(8)12;1-3-2;1-2/h4,7H,2-3,5-6,10H2,1H3;3H2,1-2H3;1-2H3. The summed E-state index contributed by atoms with van der Waals surface area (Å²) in [5.74, 6) is 1.35. The van der Waals surface area contributed by atoms with E-state index >= 15 is 0 Å². The van der Waals surface area contributed by atoms with E-state index in [1.165, 1.54) is 12.0 Å². The van der Waals surface area contributed by atoms with Gasteiger partial charge >= 0.3 is 0 Å². The molecular formula is C14H29N3O. The zero-order valence-corrected chi connectivity index (χ0v) is 12.6. The smallest absolute Gasteiger partial charge is 0.215 e. The largest absolute Gasteiger partial charge is 0.477 e. The number of ether oxygens (including phenoxy) is 1. The van der Waals surface area contributed by atoms with Crippen molar-refractivity contribution >= 4 is 0 Å². The molecule has 18 heavy (non-hydrogen) atoms. The highest BCUT2D eigenvalue weighted by Gasteiger charge is 2.21. The molecular weight excluding hydrogens is 226 g/mol. The third-order valence-electron chi connectivity index (χ3n) is 2.46. The molecule has 0 saturated carbocycles. The van der Waals surface area contributed by atoms with E-state index in [1.54, 1.807) is 0 Å². The summed E-state index contributed by atoms with van der Waals surface area (Å²) in [7, 11) is 0. The zero-order valence-electron chi connectivity index (χ0n) is 12.6. The van der Waals surface area contributed by atoms with Gasteiger partial charge in [0, 0.05) is 18.0 Å². The molecule has 4 heteroatoms. The Labute approximate surface area is 112 Å². The molecule has 0 amide bonds. The van der Waals surface area contributed by atoms with Crippen LogP contribution < -0.4 is 10.5 Å². The Bertz CT molecular complexity index is 310. The predicted octanol–water partition coefficient (Wildman–Crippen LogP) is 2.86. The third-order valence-corrected chi connectivity index (χ3v) is 2.46. The van der Waals surface area contributed by atoms with Crippen LogP contribution in [0.5, 0.6) is 5.88 Å². The summed E-state index contributed by atoms with van der Waals surface area (Å²) in [6.45, 7) is 12.7. The van der Waals surface area contributed by atoms with E-state index < -0.39 is 0 Å². The van der Waals surface area contributed by atoms with Crippen LogP contribution in [-0.2, 0) is 13.0 Å². The monoisotopic (exact) mass is 255 g/mol. The van der Waals surface area contributed by atoms with E-state index in [0.29, 0.717) is 12.5 Å². The lowest BCUT2D eigenvalue weighted by atomic mass is 10.1. The molecule has 4 nitrogen and oxygen atoms in total. The van der Waals surface area contributed by atoms with Gasteiger partial charge in [0.25, 0.3) is 0 Å². The van der Waals surface area contributed by atoms with Gasteiger partial charge in [-0.3, -0.25) is 0 Å². The first-order chi connectivity index (χ1) is 8.76. The maximum Gasteiger partial charge on any atom is 0.215 e. The summed E-state index contributed by atoms with van der Waals surface area (Å²) >= 11 is 0. The SMILES string of the molecule is CC.CCC.CCc1cnn2c1OCC(CN)C2. The van der Waals surface area contributed by atoms with Crippen LogP contribution in [0.1, 0.15) is 46.6 Å². The molecule has 1 aromatic rings. The summed E-state index contributed by atoms with van der Waals surface area (Å²) in [5.41, 5.74) is 6.77. The Hall–Kier alpha value is -1.03. The van der Waals surface area contributed by atoms with Gasteiger partial charge in [-0.2, -0.15) is 5.10 Å². The lowest BCUT2D eigenvalue weighted by molar-refractivity contribution is 0.167. The molecule has 106 valence electrons. The number of rotatable bonds is 2. The topological polar surface area (TPSA) is 53.1 Å². The Balaban J connectivity index is 0.000000509. The van der Waals surface area contributed by atoms with E-state index in [-0.39, 0.29) is 0 Å². The quantitative estimate of drug-likeness (QED) is 0.884. The molecule has 1 aliphatic heterocycles. The summed E-state index contributed by atoms with van der Waals surface area (Å²) in [5, 5.41) is 4.26. The van der Waals surface area contributed by atoms with Gasteiger partial charge in [-0.05, 0) is 6.42 Å². The molecule has 0 aliphatic carbocycles. The average Bonchev–Trinajstić information content (AvgIpc) is 2.83. The van der Waals surface area contributed by atoms with Crippen LogP contribution in [0.25, 0.3) is 0 Å². The van der Waals surface area contributed by atoms with E-state index in [9.17, 15) is 0 Å². The highest BCUT2D eigenvalue weighted by Crippen LogP contribution is 2.24. The van der Waals surface area contributed by atoms with E-state index in [1.807, 2.05) is 24.7 Å². The average molecular weight is 255 g/mol. The van der Waals surface area contributed by atoms with Gasteiger partial charge in [0.1, 0.15) is 0 Å². The number of hydrogen-bond acceptors (Lipinski definition) is 3. The van der Waals surface area contributed by atoms with Gasteiger partial charge in [-0.25, -0.2) is 4.68 Å². The van der Waals surface area contributed by atoms with Crippen molar-refractivity contribution in [2.24, 2.45) is 11.7 Å². The second kappa shape index (κ2) is 9.95. The Morgan fingerprint density at radius 2 is 2.00 bits per heavy atom. The minimum Gasteiger partial charge on any atom is -0.477 e. The van der Waals surface area contributed by atoms with Crippen molar-refractivity contribution in [2.45, 2.75) is 54.0 Å². The van der Waals surface area contributed by atoms with Crippen LogP contribution in [-0.4, -0.2) is 22.9 Å². The molecule has 1 aliphatic rings. The Morgan fingerprint density at radius 3 is 2.50 bits per heavy atom. The molecule has 1 unspecified atom stereocenters. The number of aromatic nitrogens is 2. The van der Waals surface area contributed by atoms with E-state index in [2.05, 4.69) is 25.9 Å². The van der Waals surface area contributed by atoms with Crippen molar-refractivity contribution in [3.63, 3.8) is 0 Å². The first kappa shape index (κ1) is 17.0. The van der Waals surface area contributed by atoms with E-state index in [0.717, 1.165) is 25.5 Å². The minimum atomic E-state index is 0.414. The second-order valence-corrected chi connectivity index (χ2v) is 4.13. The lowest BCUT2D eigenvalue weighted by Gasteiger charge is -2.23. The van der Waals surface area contributed by atoms with Crippen molar-refractivity contribution in [1.82, 2.24) is 9.78 Å². The molecule has 2 rings (SSSR count). The maximum atomic E-state index is 5.61. The molecule has 2 N–H and O–H groups in total. The van der Waals surface area contributed by atoms with Crippen LogP contribution in [0, 0.1) is 5.92 Å². The van der Waals surface area contributed by atoms with Gasteiger partial charge < -0.3 is 10.5 Å². The molecule has 1 aromatic heterocycles. The molecule has 0 saturated heterocycles. The normalized spacial score (nSPS) is 16.4. The summed E-state index contributed by atoms with van der Waals surface area (Å²) in [6.07, 6.45) is 4.11. The van der Waals surface area contributed by atoms with Crippen LogP contribution in [0.2, 0.25) is 0 Å². The third kappa shape index (κ3) is 4.69. The van der Waals surface area contributed by atoms with Crippen LogP contribution in [0.15, 0.2) is 6.20 Å². The Kier molecular flexibility index (Phi) is 9.38. The van der Waals surface area contributed by atoms with Gasteiger partial charge in [0.2, 0.25) is 5.88 Å². The first-order valence-corrected chi connectivity index (χ1v) is 7.14. The van der Waals surface area contributed by atoms with Crippen LogP contribution in [0.4, 0.5) is 0 Å². The predicted molar refractivity (Wildman–Crippen MR) is 77.0 cm³/mol. The number of nitrogens with two attached hydrogens (primary N) is 1. The molecule has 0 fully saturated rings. The molecule has 0 radical (unpaired) electrons. The summed E-state index contributed by atoms with van der Waals surface area (Å²) in [4.78, 5) is 0. The van der Waals surface area contributed by atoms with Crippen LogP contribution in [0.3, 0.4) is 0 Å². The first-order valence-electron chi connectivity index (χ1n) is 7.14. The molecule has 0 spiro atoms. The second-order valence-electron chi connectivity index (χ2n) is 4.13. The number of aryl methyl sites for hydroxylation is 1. The summed E-state index contributed by atoms with van der Waals surface area (Å²) < 4.78 is 7.53. The minimum absolute atomic E-state index is 0.414. The summed E-state index contributed by atoms with van der Waals surface area (Å²) in [6, 6.07) is 0. The molecule has 0 aromatic carbocycles. The van der Waals surface area contributed by atoms with Crippen molar-refractivity contribution in [2.75, 3.05) is 13.2 Å². The number of nitrogens with zero attached hydrogens (tertiary/aromatic N) is 2. The van der Waals surface area contributed by atoms with Gasteiger partial charge in [-0.15, -0.1) is 0 Å². The van der Waals surface area contributed by atoms with E-state index in [4.69, 9.17) is 10.5 Å². The highest BCUT2D eigenvalue weighted by atomic mass is 16.5.